The summed E-state index contributed by atoms with van der Waals surface area (Å²) in [4.78, 5) is 3.79. The van der Waals surface area contributed by atoms with E-state index in [1.54, 1.807) is 0 Å². The molecule has 0 N–H and O–H groups in total. The molecule has 0 bridgehead atoms. The molecule has 0 aliphatic rings. The fourth-order valence-electron chi connectivity index (χ4n) is 4.41. The number of thioether (sulfide) groups is 1. The SMILES string of the molecule is CCCCCCCCCCCCCCSCCCCCCCCCCCCCC.CN(C)C(=S)SSC(=S)N(C)C. The largest absolute Gasteiger partial charge is 0.363 e. The molecule has 0 rings (SSSR count). The van der Waals surface area contributed by atoms with E-state index >= 15 is 0 Å². The van der Waals surface area contributed by atoms with Crippen LogP contribution in [-0.2, 0) is 0 Å². The Bertz CT molecular complexity index is 497. The van der Waals surface area contributed by atoms with Crippen LogP contribution >= 0.6 is 57.8 Å². The van der Waals surface area contributed by atoms with E-state index in [2.05, 4.69) is 25.6 Å². The van der Waals surface area contributed by atoms with Crippen molar-refractivity contribution in [3.8, 4) is 0 Å². The van der Waals surface area contributed by atoms with Crippen LogP contribution in [0.3, 0.4) is 0 Å². The molecule has 0 amide bonds. The maximum atomic E-state index is 5.07. The second-order valence-electron chi connectivity index (χ2n) is 11.9. The Morgan fingerprint density at radius 3 is 0.829 bits per heavy atom. The zero-order chi connectivity index (χ0) is 30.8. The number of hydrogen-bond donors (Lipinski definition) is 0. The average Bonchev–Trinajstić information content (AvgIpc) is 2.95. The average molecular weight is 667 g/mol. The molecule has 7 heteroatoms. The first-order valence-electron chi connectivity index (χ1n) is 17.2. The summed E-state index contributed by atoms with van der Waals surface area (Å²) in [5.74, 6) is 2.82. The Balaban J connectivity index is 0. The van der Waals surface area contributed by atoms with Crippen molar-refractivity contribution in [2.45, 2.75) is 168 Å². The zero-order valence-electron chi connectivity index (χ0n) is 28.3. The number of rotatable bonds is 26. The van der Waals surface area contributed by atoms with Crippen LogP contribution < -0.4 is 0 Å². The van der Waals surface area contributed by atoms with Gasteiger partial charge in [-0.1, -0.05) is 180 Å². The van der Waals surface area contributed by atoms with Gasteiger partial charge in [0.1, 0.15) is 8.64 Å². The van der Waals surface area contributed by atoms with E-state index in [1.807, 2.05) is 38.0 Å². The summed E-state index contributed by atoms with van der Waals surface area (Å²) in [7, 11) is 10.7. The van der Waals surface area contributed by atoms with Gasteiger partial charge in [-0.2, -0.15) is 11.8 Å². The van der Waals surface area contributed by atoms with Crippen LogP contribution in [0.25, 0.3) is 0 Å². The Labute approximate surface area is 282 Å². The number of thiocarbonyl (C=S) groups is 2. The van der Waals surface area contributed by atoms with Gasteiger partial charge in [-0.3, -0.25) is 0 Å². The highest BCUT2D eigenvalue weighted by molar-refractivity contribution is 8.89. The lowest BCUT2D eigenvalue weighted by molar-refractivity contribution is 0.547. The Kier molecular flexibility index (Phi) is 39.7. The van der Waals surface area contributed by atoms with Gasteiger partial charge in [0.05, 0.1) is 0 Å². The number of nitrogens with zero attached hydrogens (tertiary/aromatic N) is 2. The predicted octanol–water partition coefficient (Wildman–Crippen LogP) is 13.2. The highest BCUT2D eigenvalue weighted by atomic mass is 33.1. The van der Waals surface area contributed by atoms with E-state index in [9.17, 15) is 0 Å². The van der Waals surface area contributed by atoms with Crippen LogP contribution in [0.1, 0.15) is 168 Å². The maximum Gasteiger partial charge on any atom is 0.146 e. The van der Waals surface area contributed by atoms with Crippen LogP contribution in [0.5, 0.6) is 0 Å². The molecular weight excluding hydrogens is 597 g/mol. The first-order chi connectivity index (χ1) is 19.9. The molecule has 0 aromatic carbocycles. The van der Waals surface area contributed by atoms with Gasteiger partial charge in [-0.15, -0.1) is 0 Å². The molecule has 0 radical (unpaired) electrons. The molecule has 0 aromatic rings. The minimum atomic E-state index is 0.837. The third-order valence-corrected chi connectivity index (χ3v) is 12.5. The molecule has 246 valence electrons. The van der Waals surface area contributed by atoms with E-state index < -0.39 is 0 Å². The Morgan fingerprint density at radius 2 is 0.610 bits per heavy atom. The highest BCUT2D eigenvalue weighted by Crippen LogP contribution is 2.26. The van der Waals surface area contributed by atoms with E-state index in [0.717, 1.165) is 8.64 Å². The van der Waals surface area contributed by atoms with Crippen molar-refractivity contribution < 1.29 is 0 Å². The van der Waals surface area contributed by atoms with E-state index in [4.69, 9.17) is 24.4 Å². The quantitative estimate of drug-likeness (QED) is 0.0508. The minimum Gasteiger partial charge on any atom is -0.363 e. The second kappa shape index (κ2) is 37.0. The summed E-state index contributed by atoms with van der Waals surface area (Å²) in [5, 5.41) is 0. The second-order valence-corrected chi connectivity index (χ2v) is 16.5. The summed E-state index contributed by atoms with van der Waals surface area (Å²) in [6.45, 7) is 4.61. The van der Waals surface area contributed by atoms with E-state index in [-0.39, 0.29) is 0 Å². The molecule has 2 nitrogen and oxygen atoms in total. The van der Waals surface area contributed by atoms with Gasteiger partial charge in [-0.05, 0) is 45.9 Å². The molecule has 0 fully saturated rings. The molecule has 0 spiro atoms. The van der Waals surface area contributed by atoms with Crippen molar-refractivity contribution in [1.82, 2.24) is 9.80 Å². The van der Waals surface area contributed by atoms with Crippen LogP contribution in [-0.4, -0.2) is 58.1 Å². The summed E-state index contributed by atoms with van der Waals surface area (Å²) in [5.41, 5.74) is 0. The first kappa shape index (κ1) is 44.0. The summed E-state index contributed by atoms with van der Waals surface area (Å²) >= 11 is 12.4. The fourth-order valence-corrected chi connectivity index (χ4v) is 7.81. The van der Waals surface area contributed by atoms with Crippen LogP contribution in [0, 0.1) is 0 Å². The topological polar surface area (TPSA) is 6.48 Å². The number of unbranched alkanes of at least 4 members (excludes halogenated alkanes) is 22. The van der Waals surface area contributed by atoms with E-state index in [0.29, 0.717) is 0 Å². The molecular formula is C34H70N2S5. The number of hydrogen-bond acceptors (Lipinski definition) is 5. The zero-order valence-corrected chi connectivity index (χ0v) is 32.4. The van der Waals surface area contributed by atoms with Crippen molar-refractivity contribution in [2.24, 2.45) is 0 Å². The Hall–Kier alpha value is 0.830. The van der Waals surface area contributed by atoms with Crippen molar-refractivity contribution >= 4 is 66.4 Å². The molecule has 0 atom stereocenters. The minimum absolute atomic E-state index is 0.837. The van der Waals surface area contributed by atoms with Gasteiger partial charge >= 0.3 is 0 Å². The third-order valence-electron chi connectivity index (χ3n) is 7.20. The molecule has 0 saturated carbocycles. The maximum absolute atomic E-state index is 5.07. The van der Waals surface area contributed by atoms with Crippen LogP contribution in [0.4, 0.5) is 0 Å². The van der Waals surface area contributed by atoms with Crippen molar-refractivity contribution in [1.29, 1.82) is 0 Å². The molecule has 41 heavy (non-hydrogen) atoms. The predicted molar refractivity (Wildman–Crippen MR) is 207 cm³/mol. The van der Waals surface area contributed by atoms with Crippen LogP contribution in [0.2, 0.25) is 0 Å². The highest BCUT2D eigenvalue weighted by Gasteiger charge is 2.05. The molecule has 0 aliphatic carbocycles. The fraction of sp³-hybridized carbons (Fsp3) is 0.941. The van der Waals surface area contributed by atoms with E-state index in [1.165, 1.54) is 187 Å². The molecule has 0 heterocycles. The van der Waals surface area contributed by atoms with Gasteiger partial charge < -0.3 is 9.80 Å². The lowest BCUT2D eigenvalue weighted by Gasteiger charge is -2.15. The normalized spacial score (nSPS) is 10.8. The lowest BCUT2D eigenvalue weighted by Crippen LogP contribution is -2.18. The smallest absolute Gasteiger partial charge is 0.146 e. The van der Waals surface area contributed by atoms with Crippen molar-refractivity contribution in [2.75, 3.05) is 39.7 Å². The summed E-state index contributed by atoms with van der Waals surface area (Å²) in [6.07, 6.45) is 35.2. The first-order valence-corrected chi connectivity index (χ1v) is 21.3. The van der Waals surface area contributed by atoms with Gasteiger partial charge in [0, 0.05) is 28.2 Å². The summed E-state index contributed by atoms with van der Waals surface area (Å²) in [6, 6.07) is 0. The van der Waals surface area contributed by atoms with Gasteiger partial charge in [0.25, 0.3) is 0 Å². The van der Waals surface area contributed by atoms with Crippen LogP contribution in [0.15, 0.2) is 0 Å². The molecule has 0 aromatic heterocycles. The van der Waals surface area contributed by atoms with Crippen molar-refractivity contribution in [3.05, 3.63) is 0 Å². The summed E-state index contributed by atoms with van der Waals surface area (Å²) < 4.78 is 1.67. The van der Waals surface area contributed by atoms with Gasteiger partial charge in [0.2, 0.25) is 0 Å². The van der Waals surface area contributed by atoms with Crippen molar-refractivity contribution in [3.63, 3.8) is 0 Å². The molecule has 0 unspecified atom stereocenters. The lowest BCUT2D eigenvalue weighted by atomic mass is 10.1. The Morgan fingerprint density at radius 1 is 0.390 bits per heavy atom. The van der Waals surface area contributed by atoms with Gasteiger partial charge in [-0.25, -0.2) is 0 Å². The standard InChI is InChI=1S/C28H58S.C6H12N2S4/c1-3-5-7-9-11-13-15-17-19-21-23-25-27-29-28-26-24-22-20-18-16-14-12-10-8-6-4-2;1-7(2)5(9)11-12-6(10)8(3)4/h3-28H2,1-2H3;1-4H3. The van der Waals surface area contributed by atoms with Gasteiger partial charge in [0.15, 0.2) is 0 Å². The molecule has 0 saturated heterocycles. The monoisotopic (exact) mass is 666 g/mol. The molecule has 0 aliphatic heterocycles. The third kappa shape index (κ3) is 38.8.